The number of rotatable bonds is 8. The first kappa shape index (κ1) is 33.6. The zero-order valence-electron chi connectivity index (χ0n) is 30.7. The third kappa shape index (κ3) is 6.36. The Morgan fingerprint density at radius 1 is 0.304 bits per heavy atom. The van der Waals surface area contributed by atoms with Crippen molar-refractivity contribution in [2.75, 3.05) is 4.90 Å². The Hall–Kier alpha value is -7.00. The van der Waals surface area contributed by atoms with E-state index in [2.05, 4.69) is 229 Å². The van der Waals surface area contributed by atoms with Crippen molar-refractivity contribution >= 4 is 48.6 Å². The summed E-state index contributed by atoms with van der Waals surface area (Å²) >= 11 is 1.88. The standard InChI is InChI=1S/C54H37NS/c1-4-14-38(15-5-1)43-20-10-22-45(36-43)40-28-32-47(33-29-40)55(48-34-30-41(31-35-48)46-23-11-21-44(37-46)39-16-6-2-7-17-39)51-26-13-27-52-53(51)50-25-12-24-49(54(50)56-52)42-18-8-3-9-19-42/h1-37H. The van der Waals surface area contributed by atoms with Crippen LogP contribution in [-0.2, 0) is 0 Å². The van der Waals surface area contributed by atoms with Crippen molar-refractivity contribution in [1.29, 1.82) is 0 Å². The SMILES string of the molecule is c1ccc(-c2cccc(-c3ccc(N(c4ccc(-c5cccc(-c6ccccc6)c5)cc4)c4cccc5sc6c(-c7ccccc7)cccc6c45)cc3)c2)cc1. The van der Waals surface area contributed by atoms with Gasteiger partial charge in [0.15, 0.2) is 0 Å². The number of hydrogen-bond acceptors (Lipinski definition) is 2. The number of nitrogens with zero attached hydrogens (tertiary/aromatic N) is 1. The minimum atomic E-state index is 1.11. The molecule has 264 valence electrons. The average molecular weight is 732 g/mol. The van der Waals surface area contributed by atoms with E-state index in [-0.39, 0.29) is 0 Å². The molecule has 0 N–H and O–H groups in total. The van der Waals surface area contributed by atoms with Gasteiger partial charge < -0.3 is 4.90 Å². The maximum absolute atomic E-state index is 2.43. The van der Waals surface area contributed by atoms with E-state index < -0.39 is 0 Å². The van der Waals surface area contributed by atoms with Gasteiger partial charge in [0.1, 0.15) is 0 Å². The highest BCUT2D eigenvalue weighted by molar-refractivity contribution is 7.26. The molecule has 0 spiro atoms. The van der Waals surface area contributed by atoms with Crippen LogP contribution in [0.15, 0.2) is 224 Å². The van der Waals surface area contributed by atoms with Crippen LogP contribution in [0.1, 0.15) is 0 Å². The Balaban J connectivity index is 1.09. The fourth-order valence-electron chi connectivity index (χ4n) is 7.91. The molecule has 1 heterocycles. The molecule has 0 atom stereocenters. The van der Waals surface area contributed by atoms with Crippen LogP contribution >= 0.6 is 11.3 Å². The molecule has 0 amide bonds. The Bertz CT molecular complexity index is 2800. The van der Waals surface area contributed by atoms with Gasteiger partial charge in [-0.3, -0.25) is 0 Å². The second-order valence-corrected chi connectivity index (χ2v) is 15.2. The molecule has 0 radical (unpaired) electrons. The zero-order chi connectivity index (χ0) is 37.3. The number of hydrogen-bond donors (Lipinski definition) is 0. The van der Waals surface area contributed by atoms with Crippen LogP contribution in [-0.4, -0.2) is 0 Å². The molecule has 10 aromatic rings. The molecule has 0 saturated carbocycles. The van der Waals surface area contributed by atoms with Crippen molar-refractivity contribution in [2.24, 2.45) is 0 Å². The van der Waals surface area contributed by atoms with Crippen LogP contribution in [0, 0.1) is 0 Å². The molecule has 0 aliphatic carbocycles. The monoisotopic (exact) mass is 731 g/mol. The Morgan fingerprint density at radius 3 is 1.21 bits per heavy atom. The number of fused-ring (bicyclic) bond motifs is 3. The lowest BCUT2D eigenvalue weighted by atomic mass is 9.98. The topological polar surface area (TPSA) is 3.24 Å². The molecule has 0 aliphatic rings. The molecule has 1 nitrogen and oxygen atoms in total. The van der Waals surface area contributed by atoms with Crippen LogP contribution in [0.5, 0.6) is 0 Å². The second kappa shape index (κ2) is 14.7. The van der Waals surface area contributed by atoms with Crippen LogP contribution in [0.2, 0.25) is 0 Å². The zero-order valence-corrected chi connectivity index (χ0v) is 31.5. The average Bonchev–Trinajstić information content (AvgIpc) is 3.68. The quantitative estimate of drug-likeness (QED) is 0.150. The maximum atomic E-state index is 2.43. The Labute approximate surface area is 332 Å². The normalized spacial score (nSPS) is 11.2. The van der Waals surface area contributed by atoms with Gasteiger partial charge in [-0.25, -0.2) is 0 Å². The summed E-state index contributed by atoms with van der Waals surface area (Å²) in [5.74, 6) is 0. The fraction of sp³-hybridized carbons (Fsp3) is 0. The van der Waals surface area contributed by atoms with E-state index in [4.69, 9.17) is 0 Å². The first-order valence-corrected chi connectivity index (χ1v) is 19.9. The van der Waals surface area contributed by atoms with Gasteiger partial charge in [-0.2, -0.15) is 0 Å². The molecule has 0 unspecified atom stereocenters. The van der Waals surface area contributed by atoms with Gasteiger partial charge in [0.05, 0.1) is 5.69 Å². The number of benzene rings is 9. The van der Waals surface area contributed by atoms with Gasteiger partial charge >= 0.3 is 0 Å². The van der Waals surface area contributed by atoms with Crippen molar-refractivity contribution in [2.45, 2.75) is 0 Å². The van der Waals surface area contributed by atoms with E-state index in [1.54, 1.807) is 0 Å². The Morgan fingerprint density at radius 2 is 0.714 bits per heavy atom. The summed E-state index contributed by atoms with van der Waals surface area (Å²) in [6.45, 7) is 0. The number of anilines is 3. The summed E-state index contributed by atoms with van der Waals surface area (Å²) < 4.78 is 2.58. The van der Waals surface area contributed by atoms with Crippen molar-refractivity contribution in [3.8, 4) is 55.6 Å². The second-order valence-electron chi connectivity index (χ2n) is 14.1. The van der Waals surface area contributed by atoms with Crippen LogP contribution in [0.3, 0.4) is 0 Å². The van der Waals surface area contributed by atoms with Gasteiger partial charge in [0.25, 0.3) is 0 Å². The first-order valence-electron chi connectivity index (χ1n) is 19.1. The third-order valence-electron chi connectivity index (χ3n) is 10.7. The minimum Gasteiger partial charge on any atom is -0.310 e. The molecule has 0 aliphatic heterocycles. The van der Waals surface area contributed by atoms with E-state index in [1.165, 1.54) is 75.8 Å². The predicted molar refractivity (Wildman–Crippen MR) is 241 cm³/mol. The predicted octanol–water partition coefficient (Wildman–Crippen LogP) is 15.9. The molecule has 0 saturated heterocycles. The van der Waals surface area contributed by atoms with Gasteiger partial charge in [-0.05, 0) is 104 Å². The van der Waals surface area contributed by atoms with E-state index in [9.17, 15) is 0 Å². The maximum Gasteiger partial charge on any atom is 0.0554 e. The highest BCUT2D eigenvalue weighted by Gasteiger charge is 2.20. The van der Waals surface area contributed by atoms with E-state index in [1.807, 2.05) is 11.3 Å². The lowest BCUT2D eigenvalue weighted by Gasteiger charge is -2.27. The lowest BCUT2D eigenvalue weighted by molar-refractivity contribution is 1.30. The van der Waals surface area contributed by atoms with Crippen molar-refractivity contribution in [1.82, 2.24) is 0 Å². The molecule has 1 aromatic heterocycles. The van der Waals surface area contributed by atoms with Crippen molar-refractivity contribution < 1.29 is 0 Å². The fourth-order valence-corrected chi connectivity index (χ4v) is 9.17. The minimum absolute atomic E-state index is 1.11. The lowest BCUT2D eigenvalue weighted by Crippen LogP contribution is -2.10. The highest BCUT2D eigenvalue weighted by atomic mass is 32.1. The van der Waals surface area contributed by atoms with Gasteiger partial charge in [0.2, 0.25) is 0 Å². The highest BCUT2D eigenvalue weighted by Crippen LogP contribution is 2.47. The van der Waals surface area contributed by atoms with Gasteiger partial charge in [0, 0.05) is 31.5 Å². The first-order chi connectivity index (χ1) is 27.8. The summed E-state index contributed by atoms with van der Waals surface area (Å²) in [5, 5.41) is 2.54. The van der Waals surface area contributed by atoms with E-state index in [0.717, 1.165) is 17.1 Å². The van der Waals surface area contributed by atoms with Crippen molar-refractivity contribution in [3.63, 3.8) is 0 Å². The summed E-state index contributed by atoms with van der Waals surface area (Å²) in [5.41, 5.74) is 15.5. The molecular formula is C54H37NS. The molecule has 10 rings (SSSR count). The summed E-state index contributed by atoms with van der Waals surface area (Å²) in [4.78, 5) is 2.43. The Kier molecular flexibility index (Phi) is 8.79. The van der Waals surface area contributed by atoms with E-state index >= 15 is 0 Å². The molecule has 56 heavy (non-hydrogen) atoms. The molecular weight excluding hydrogens is 695 g/mol. The smallest absolute Gasteiger partial charge is 0.0554 e. The van der Waals surface area contributed by atoms with E-state index in [0.29, 0.717) is 0 Å². The van der Waals surface area contributed by atoms with Crippen molar-refractivity contribution in [3.05, 3.63) is 224 Å². The molecule has 0 fully saturated rings. The summed E-state index contributed by atoms with van der Waals surface area (Å²) in [6.07, 6.45) is 0. The van der Waals surface area contributed by atoms with Crippen LogP contribution < -0.4 is 4.90 Å². The number of thiophene rings is 1. The third-order valence-corrected chi connectivity index (χ3v) is 11.9. The largest absolute Gasteiger partial charge is 0.310 e. The molecule has 9 aromatic carbocycles. The van der Waals surface area contributed by atoms with Crippen LogP contribution in [0.4, 0.5) is 17.1 Å². The molecule has 0 bridgehead atoms. The van der Waals surface area contributed by atoms with Gasteiger partial charge in [-0.15, -0.1) is 11.3 Å². The summed E-state index contributed by atoms with van der Waals surface area (Å²) in [7, 11) is 0. The molecule has 2 heteroatoms. The summed E-state index contributed by atoms with van der Waals surface area (Å²) in [6, 6.07) is 81.2. The van der Waals surface area contributed by atoms with Gasteiger partial charge in [-0.1, -0.05) is 176 Å². The van der Waals surface area contributed by atoms with Crippen LogP contribution in [0.25, 0.3) is 75.8 Å².